The molecule has 4 aromatic carbocycles. The number of oxazole rings is 1. The molecule has 0 bridgehead atoms. The van der Waals surface area contributed by atoms with Gasteiger partial charge in [-0.05, 0) is 23.1 Å². The van der Waals surface area contributed by atoms with Crippen molar-refractivity contribution in [3.05, 3.63) is 131 Å². The maximum Gasteiger partial charge on any atom is 0.256 e. The normalized spacial score (nSPS) is 17.3. The summed E-state index contributed by atoms with van der Waals surface area (Å²) >= 11 is 1.51. The van der Waals surface area contributed by atoms with Gasteiger partial charge in [0.2, 0.25) is 11.8 Å². The summed E-state index contributed by atoms with van der Waals surface area (Å²) in [5.41, 5.74) is 7.86. The van der Waals surface area contributed by atoms with E-state index in [1.165, 1.54) is 11.8 Å². The third kappa shape index (κ3) is 9.26. The highest BCUT2D eigenvalue weighted by molar-refractivity contribution is 7.99. The highest BCUT2D eigenvalue weighted by Gasteiger charge is 2.33. The van der Waals surface area contributed by atoms with E-state index in [1.807, 2.05) is 109 Å². The Morgan fingerprint density at radius 2 is 1.42 bits per heavy atom. The largest absolute Gasteiger partial charge is 0.431 e. The van der Waals surface area contributed by atoms with Crippen LogP contribution in [-0.4, -0.2) is 39.0 Å². The van der Waals surface area contributed by atoms with Gasteiger partial charge in [0, 0.05) is 48.3 Å². The van der Waals surface area contributed by atoms with Crippen LogP contribution in [0.3, 0.4) is 0 Å². The number of carbonyl (C=O) groups excluding carboxylic acids is 2. The summed E-state index contributed by atoms with van der Waals surface area (Å²) in [5.74, 6) is 0.611. The lowest BCUT2D eigenvalue weighted by Crippen LogP contribution is -2.31. The summed E-state index contributed by atoms with van der Waals surface area (Å²) in [6, 6.07) is 35.5. The van der Waals surface area contributed by atoms with E-state index in [1.54, 1.807) is 5.48 Å². The second-order valence-electron chi connectivity index (χ2n) is 12.0. The number of aliphatic hydroxyl groups excluding tert-OH is 1. The van der Waals surface area contributed by atoms with Gasteiger partial charge in [-0.1, -0.05) is 121 Å². The zero-order valence-electron chi connectivity index (χ0n) is 27.4. The van der Waals surface area contributed by atoms with Crippen molar-refractivity contribution < 1.29 is 33.8 Å². The Morgan fingerprint density at radius 3 is 2.10 bits per heavy atom. The van der Waals surface area contributed by atoms with Crippen LogP contribution in [0.5, 0.6) is 0 Å². The van der Waals surface area contributed by atoms with Gasteiger partial charge in [-0.3, -0.25) is 14.8 Å². The monoisotopic (exact) mass is 693 g/mol. The van der Waals surface area contributed by atoms with Crippen LogP contribution in [0, 0.1) is 0 Å². The molecule has 2 amide bonds. The van der Waals surface area contributed by atoms with Crippen LogP contribution in [0.2, 0.25) is 0 Å². The highest BCUT2D eigenvalue weighted by atomic mass is 32.2. The molecule has 1 fully saturated rings. The average molecular weight is 694 g/mol. The van der Waals surface area contributed by atoms with Gasteiger partial charge < -0.3 is 24.3 Å². The zero-order valence-corrected chi connectivity index (χ0v) is 28.2. The van der Waals surface area contributed by atoms with Crippen molar-refractivity contribution in [1.29, 1.82) is 0 Å². The number of nitrogens with one attached hydrogen (secondary N) is 2. The molecule has 3 unspecified atom stereocenters. The Balaban J connectivity index is 1.15. The Kier molecular flexibility index (Phi) is 12.1. The number of hydroxylamine groups is 1. The number of carbonyl (C=O) groups is 2. The fraction of sp³-hybridized carbons (Fsp3) is 0.256. The number of ether oxygens (including phenoxy) is 2. The highest BCUT2D eigenvalue weighted by Crippen LogP contribution is 2.41. The van der Waals surface area contributed by atoms with Gasteiger partial charge in [0.05, 0.1) is 18.8 Å². The average Bonchev–Trinajstić information content (AvgIpc) is 3.61. The number of amides is 2. The maximum absolute atomic E-state index is 12.2. The molecule has 4 N–H and O–H groups in total. The molecule has 50 heavy (non-hydrogen) atoms. The Labute approximate surface area is 294 Å². The molecule has 3 atom stereocenters. The molecular weight excluding hydrogens is 655 g/mol. The standard InChI is InChI=1S/C39H39N3O7S/c43-24-27-16-18-28(19-17-27)33-22-32(25-50-39-41-36(29-8-3-1-4-9-29)37(49-39)30-10-5-2-6-11-30)47-38(48-33)31-20-14-26(15-21-31)23-40-34(44)12-7-13-35(45)42-46/h1-6,8-11,14-21,32-33,38,43,46H,7,12-13,22-25H2,(H,40,44)(H,42,45). The number of thioether (sulfide) groups is 1. The molecule has 1 aliphatic rings. The molecular formula is C39H39N3O7S. The number of hydrogen-bond donors (Lipinski definition) is 4. The molecule has 0 saturated carbocycles. The number of rotatable bonds is 14. The van der Waals surface area contributed by atoms with E-state index >= 15 is 0 Å². The second kappa shape index (κ2) is 17.2. The predicted octanol–water partition coefficient (Wildman–Crippen LogP) is 7.13. The first kappa shape index (κ1) is 35.1. The minimum absolute atomic E-state index is 0.0312. The van der Waals surface area contributed by atoms with Crippen LogP contribution in [0.15, 0.2) is 119 Å². The lowest BCUT2D eigenvalue weighted by Gasteiger charge is -2.36. The Bertz CT molecular complexity index is 1780. The van der Waals surface area contributed by atoms with Crippen molar-refractivity contribution in [2.24, 2.45) is 0 Å². The third-order valence-electron chi connectivity index (χ3n) is 8.37. The SMILES string of the molecule is O=C(CCCC(=O)NCc1ccc(C2OC(CSc3nc(-c4ccccc4)c(-c4ccccc4)o3)CC(c3ccc(CO)cc3)O2)cc1)NO. The van der Waals surface area contributed by atoms with Crippen LogP contribution in [0.1, 0.15) is 60.3 Å². The maximum atomic E-state index is 12.2. The molecule has 0 spiro atoms. The van der Waals surface area contributed by atoms with Crippen molar-refractivity contribution in [3.63, 3.8) is 0 Å². The van der Waals surface area contributed by atoms with Crippen LogP contribution < -0.4 is 10.8 Å². The molecule has 11 heteroatoms. The van der Waals surface area contributed by atoms with Crippen molar-refractivity contribution in [2.75, 3.05) is 5.75 Å². The molecule has 6 rings (SSSR count). The van der Waals surface area contributed by atoms with E-state index in [2.05, 4.69) is 5.32 Å². The van der Waals surface area contributed by atoms with Crippen molar-refractivity contribution in [1.82, 2.24) is 15.8 Å². The second-order valence-corrected chi connectivity index (χ2v) is 12.9. The van der Waals surface area contributed by atoms with E-state index in [-0.39, 0.29) is 37.6 Å². The number of aromatic nitrogens is 1. The Morgan fingerprint density at radius 1 is 0.780 bits per heavy atom. The van der Waals surface area contributed by atoms with Crippen LogP contribution in [-0.2, 0) is 32.2 Å². The van der Waals surface area contributed by atoms with E-state index < -0.39 is 12.2 Å². The molecule has 10 nitrogen and oxygen atoms in total. The number of hydrogen-bond acceptors (Lipinski definition) is 9. The van der Waals surface area contributed by atoms with Crippen molar-refractivity contribution in [2.45, 2.75) is 62.6 Å². The molecule has 1 aliphatic heterocycles. The number of aliphatic hydroxyl groups is 1. The summed E-state index contributed by atoms with van der Waals surface area (Å²) in [4.78, 5) is 28.3. The first-order valence-electron chi connectivity index (χ1n) is 16.5. The quantitative estimate of drug-likeness (QED) is 0.0543. The predicted molar refractivity (Wildman–Crippen MR) is 189 cm³/mol. The van der Waals surface area contributed by atoms with Gasteiger partial charge in [-0.2, -0.15) is 0 Å². The van der Waals surface area contributed by atoms with Gasteiger partial charge in [0.25, 0.3) is 5.22 Å². The van der Waals surface area contributed by atoms with E-state index in [4.69, 9.17) is 24.1 Å². The van der Waals surface area contributed by atoms with Gasteiger partial charge in [-0.15, -0.1) is 0 Å². The molecule has 5 aromatic rings. The first-order chi connectivity index (χ1) is 24.5. The van der Waals surface area contributed by atoms with Gasteiger partial charge in [0.1, 0.15) is 5.69 Å². The fourth-order valence-electron chi connectivity index (χ4n) is 5.67. The Hall–Kier alpha value is -4.78. The lowest BCUT2D eigenvalue weighted by atomic mass is 10.0. The minimum atomic E-state index is -0.637. The van der Waals surface area contributed by atoms with Crippen LogP contribution in [0.4, 0.5) is 0 Å². The van der Waals surface area contributed by atoms with E-state index in [0.717, 1.165) is 44.8 Å². The van der Waals surface area contributed by atoms with Crippen LogP contribution in [0.25, 0.3) is 22.6 Å². The fourth-order valence-corrected chi connectivity index (χ4v) is 6.51. The number of benzene rings is 4. The molecule has 0 aliphatic carbocycles. The molecule has 2 heterocycles. The first-order valence-corrected chi connectivity index (χ1v) is 17.5. The summed E-state index contributed by atoms with van der Waals surface area (Å²) < 4.78 is 19.4. The summed E-state index contributed by atoms with van der Waals surface area (Å²) in [6.45, 7) is 0.305. The van der Waals surface area contributed by atoms with E-state index in [0.29, 0.717) is 30.4 Å². The topological polar surface area (TPSA) is 143 Å². The molecule has 0 radical (unpaired) electrons. The molecule has 258 valence electrons. The molecule has 1 aromatic heterocycles. The lowest BCUT2D eigenvalue weighted by molar-refractivity contribution is -0.245. The summed E-state index contributed by atoms with van der Waals surface area (Å²) in [7, 11) is 0. The summed E-state index contributed by atoms with van der Waals surface area (Å²) in [6.07, 6.45) is 0.141. The van der Waals surface area contributed by atoms with Gasteiger partial charge >= 0.3 is 0 Å². The smallest absolute Gasteiger partial charge is 0.256 e. The molecule has 1 saturated heterocycles. The zero-order chi connectivity index (χ0) is 34.7. The van der Waals surface area contributed by atoms with Crippen molar-refractivity contribution >= 4 is 23.6 Å². The van der Waals surface area contributed by atoms with Crippen molar-refractivity contribution in [3.8, 4) is 22.6 Å². The van der Waals surface area contributed by atoms with Gasteiger partial charge in [0.15, 0.2) is 12.1 Å². The minimum Gasteiger partial charge on any atom is -0.431 e. The third-order valence-corrected chi connectivity index (χ3v) is 9.33. The van der Waals surface area contributed by atoms with E-state index in [9.17, 15) is 14.7 Å². The van der Waals surface area contributed by atoms with Crippen LogP contribution >= 0.6 is 11.8 Å². The van der Waals surface area contributed by atoms with Gasteiger partial charge in [-0.25, -0.2) is 10.5 Å². The summed E-state index contributed by atoms with van der Waals surface area (Å²) in [5, 5.41) is 21.6. The number of nitrogens with zero attached hydrogens (tertiary/aromatic N) is 1.